The van der Waals surface area contributed by atoms with E-state index in [0.717, 1.165) is 36.6 Å². The molecule has 0 saturated carbocycles. The van der Waals surface area contributed by atoms with Crippen LogP contribution in [0.5, 0.6) is 11.5 Å². The van der Waals surface area contributed by atoms with Crippen molar-refractivity contribution < 1.29 is 4.74 Å². The van der Waals surface area contributed by atoms with Crippen molar-refractivity contribution in [1.29, 1.82) is 0 Å². The zero-order valence-electron chi connectivity index (χ0n) is 11.9. The van der Waals surface area contributed by atoms with Crippen LogP contribution in [0.2, 0.25) is 0 Å². The molecule has 20 heavy (non-hydrogen) atoms. The number of thioether (sulfide) groups is 1. The van der Waals surface area contributed by atoms with Crippen molar-refractivity contribution in [3.05, 3.63) is 48.3 Å². The molecule has 1 heterocycles. The first-order chi connectivity index (χ1) is 9.83. The lowest BCUT2D eigenvalue weighted by Gasteiger charge is -2.11. The van der Waals surface area contributed by atoms with Crippen molar-refractivity contribution >= 4 is 11.8 Å². The average Bonchev–Trinajstić information content (AvgIpc) is 2.50. The summed E-state index contributed by atoms with van der Waals surface area (Å²) in [6.45, 7) is 3.93. The lowest BCUT2D eigenvalue weighted by Crippen LogP contribution is -2.14. The van der Waals surface area contributed by atoms with Gasteiger partial charge in [-0.2, -0.15) is 0 Å². The second-order valence-corrected chi connectivity index (χ2v) is 5.32. The third kappa shape index (κ3) is 4.25. The van der Waals surface area contributed by atoms with Gasteiger partial charge in [-0.15, -0.1) is 11.8 Å². The van der Waals surface area contributed by atoms with E-state index in [1.807, 2.05) is 24.4 Å². The average molecular weight is 288 g/mol. The van der Waals surface area contributed by atoms with Crippen LogP contribution in [-0.2, 0) is 6.54 Å². The molecule has 0 fully saturated rings. The van der Waals surface area contributed by atoms with Crippen molar-refractivity contribution in [2.75, 3.05) is 12.8 Å². The van der Waals surface area contributed by atoms with Gasteiger partial charge in [-0.25, -0.2) is 0 Å². The van der Waals surface area contributed by atoms with Gasteiger partial charge in [0.05, 0.1) is 0 Å². The molecule has 1 aromatic heterocycles. The van der Waals surface area contributed by atoms with Crippen molar-refractivity contribution in [3.63, 3.8) is 0 Å². The second-order valence-electron chi connectivity index (χ2n) is 4.44. The quantitative estimate of drug-likeness (QED) is 0.614. The Morgan fingerprint density at radius 1 is 1.20 bits per heavy atom. The lowest BCUT2D eigenvalue weighted by molar-refractivity contribution is 0.471. The largest absolute Gasteiger partial charge is 0.457 e. The minimum atomic E-state index is 0.778. The molecule has 1 N–H and O–H groups in total. The van der Waals surface area contributed by atoms with Gasteiger partial charge in [0.2, 0.25) is 0 Å². The molecule has 0 bridgehead atoms. The van der Waals surface area contributed by atoms with Crippen molar-refractivity contribution in [2.45, 2.75) is 24.8 Å². The molecule has 2 rings (SSSR count). The maximum atomic E-state index is 5.95. The molecule has 0 spiro atoms. The summed E-state index contributed by atoms with van der Waals surface area (Å²) in [5.74, 6) is 1.71. The van der Waals surface area contributed by atoms with Gasteiger partial charge in [-0.05, 0) is 49.6 Å². The summed E-state index contributed by atoms with van der Waals surface area (Å²) in [5, 5.41) is 3.37. The third-order valence-corrected chi connectivity index (χ3v) is 3.63. The smallest absolute Gasteiger partial charge is 0.134 e. The highest BCUT2D eigenvalue weighted by atomic mass is 32.2. The van der Waals surface area contributed by atoms with Gasteiger partial charge in [0.1, 0.15) is 11.5 Å². The Labute approximate surface area is 124 Å². The summed E-state index contributed by atoms with van der Waals surface area (Å²) in [4.78, 5) is 5.40. The fourth-order valence-corrected chi connectivity index (χ4v) is 2.23. The number of pyridine rings is 1. The van der Waals surface area contributed by atoms with Crippen molar-refractivity contribution in [1.82, 2.24) is 10.3 Å². The fourth-order valence-electron chi connectivity index (χ4n) is 1.82. The van der Waals surface area contributed by atoms with Gasteiger partial charge >= 0.3 is 0 Å². The van der Waals surface area contributed by atoms with Gasteiger partial charge in [0, 0.05) is 29.4 Å². The normalized spacial score (nSPS) is 10.5. The summed E-state index contributed by atoms with van der Waals surface area (Å²) in [6.07, 6.45) is 6.80. The highest BCUT2D eigenvalue weighted by Crippen LogP contribution is 2.26. The summed E-state index contributed by atoms with van der Waals surface area (Å²) in [5.41, 5.74) is 1.08. The van der Waals surface area contributed by atoms with Gasteiger partial charge in [0.15, 0.2) is 0 Å². The van der Waals surface area contributed by atoms with Gasteiger partial charge in [-0.3, -0.25) is 4.98 Å². The van der Waals surface area contributed by atoms with Crippen LogP contribution in [0.1, 0.15) is 18.9 Å². The Kier molecular flexibility index (Phi) is 5.89. The zero-order chi connectivity index (χ0) is 14.2. The van der Waals surface area contributed by atoms with E-state index in [1.54, 1.807) is 18.0 Å². The van der Waals surface area contributed by atoms with Crippen LogP contribution >= 0.6 is 11.8 Å². The van der Waals surface area contributed by atoms with Crippen LogP contribution in [0.15, 0.2) is 47.6 Å². The molecule has 0 amide bonds. The molecule has 0 saturated heterocycles. The maximum Gasteiger partial charge on any atom is 0.134 e. The van der Waals surface area contributed by atoms with Crippen LogP contribution in [0.3, 0.4) is 0 Å². The molecule has 2 aromatic rings. The predicted octanol–water partition coefficient (Wildman–Crippen LogP) is 4.10. The number of nitrogens with one attached hydrogen (secondary N) is 1. The van der Waals surface area contributed by atoms with E-state index in [2.05, 4.69) is 35.6 Å². The molecular weight excluding hydrogens is 268 g/mol. The van der Waals surface area contributed by atoms with Crippen molar-refractivity contribution in [2.24, 2.45) is 0 Å². The number of hydrogen-bond donors (Lipinski definition) is 1. The highest BCUT2D eigenvalue weighted by molar-refractivity contribution is 7.98. The number of ether oxygens (including phenoxy) is 1. The first-order valence-electron chi connectivity index (χ1n) is 6.79. The van der Waals surface area contributed by atoms with E-state index in [1.165, 1.54) is 4.90 Å². The SMILES string of the molecule is CCCNCc1cnccc1Oc1ccc(SC)cc1. The monoisotopic (exact) mass is 288 g/mol. The molecule has 0 radical (unpaired) electrons. The molecular formula is C16H20N2OS. The van der Waals surface area contributed by atoms with E-state index in [0.29, 0.717) is 0 Å². The second kappa shape index (κ2) is 7.92. The van der Waals surface area contributed by atoms with Crippen LogP contribution in [0, 0.1) is 0 Å². The molecule has 4 heteroatoms. The number of aromatic nitrogens is 1. The Morgan fingerprint density at radius 3 is 2.70 bits per heavy atom. The van der Waals surface area contributed by atoms with Crippen molar-refractivity contribution in [3.8, 4) is 11.5 Å². The molecule has 3 nitrogen and oxygen atoms in total. The third-order valence-electron chi connectivity index (χ3n) is 2.89. The Hall–Kier alpha value is -1.52. The number of hydrogen-bond acceptors (Lipinski definition) is 4. The lowest BCUT2D eigenvalue weighted by atomic mass is 10.2. The standard InChI is InChI=1S/C16H20N2OS/c1-3-9-17-11-13-12-18-10-8-16(13)19-14-4-6-15(20-2)7-5-14/h4-8,10,12,17H,3,9,11H2,1-2H3. The van der Waals surface area contributed by atoms with E-state index in [4.69, 9.17) is 4.74 Å². The highest BCUT2D eigenvalue weighted by Gasteiger charge is 2.04. The summed E-state index contributed by atoms with van der Waals surface area (Å²) in [7, 11) is 0. The Bertz CT molecular complexity index is 528. The van der Waals surface area contributed by atoms with Crippen LogP contribution in [0.25, 0.3) is 0 Å². The molecule has 106 valence electrons. The first-order valence-corrected chi connectivity index (χ1v) is 8.01. The van der Waals surface area contributed by atoms with E-state index in [-0.39, 0.29) is 0 Å². The number of benzene rings is 1. The molecule has 0 atom stereocenters. The predicted molar refractivity (Wildman–Crippen MR) is 84.5 cm³/mol. The molecule has 0 aliphatic carbocycles. The van der Waals surface area contributed by atoms with Crippen LogP contribution in [0.4, 0.5) is 0 Å². The van der Waals surface area contributed by atoms with Crippen LogP contribution in [-0.4, -0.2) is 17.8 Å². The van der Waals surface area contributed by atoms with Gasteiger partial charge in [0.25, 0.3) is 0 Å². The zero-order valence-corrected chi connectivity index (χ0v) is 12.7. The van der Waals surface area contributed by atoms with Gasteiger partial charge in [-0.1, -0.05) is 6.92 Å². The maximum absolute atomic E-state index is 5.95. The summed E-state index contributed by atoms with van der Waals surface area (Å²) >= 11 is 1.72. The molecule has 0 aliphatic rings. The number of rotatable bonds is 7. The fraction of sp³-hybridized carbons (Fsp3) is 0.312. The Morgan fingerprint density at radius 2 is 2.00 bits per heavy atom. The van der Waals surface area contributed by atoms with Gasteiger partial charge < -0.3 is 10.1 Å². The van der Waals surface area contributed by atoms with Crippen LogP contribution < -0.4 is 10.1 Å². The minimum Gasteiger partial charge on any atom is -0.457 e. The Balaban J connectivity index is 2.07. The molecule has 0 aliphatic heterocycles. The topological polar surface area (TPSA) is 34.2 Å². The summed E-state index contributed by atoms with van der Waals surface area (Å²) in [6, 6.07) is 10.0. The first kappa shape index (κ1) is 14.9. The van der Waals surface area contributed by atoms with E-state index in [9.17, 15) is 0 Å². The van der Waals surface area contributed by atoms with E-state index < -0.39 is 0 Å². The summed E-state index contributed by atoms with van der Waals surface area (Å²) < 4.78 is 5.95. The molecule has 1 aromatic carbocycles. The minimum absolute atomic E-state index is 0.778. The molecule has 0 unspecified atom stereocenters. The van der Waals surface area contributed by atoms with E-state index >= 15 is 0 Å². The number of nitrogens with zero attached hydrogens (tertiary/aromatic N) is 1.